The predicted octanol–water partition coefficient (Wildman–Crippen LogP) is 1.74. The molecule has 0 saturated heterocycles. The van der Waals surface area contributed by atoms with Crippen LogP contribution in [0.4, 0.5) is 0 Å². The molecular weight excluding hydrogens is 236 g/mol. The molecule has 2 aliphatic rings. The number of aryl methyl sites for hydroxylation is 1. The van der Waals surface area contributed by atoms with Gasteiger partial charge in [0.1, 0.15) is 0 Å². The Morgan fingerprint density at radius 3 is 3.11 bits per heavy atom. The van der Waals surface area contributed by atoms with Crippen molar-refractivity contribution in [2.45, 2.75) is 44.1 Å². The van der Waals surface area contributed by atoms with E-state index in [2.05, 4.69) is 29.6 Å². The number of nitrogens with two attached hydrogens (primary N) is 1. The van der Waals surface area contributed by atoms with Gasteiger partial charge in [-0.1, -0.05) is 24.3 Å². The predicted molar refractivity (Wildman–Crippen MR) is 75.8 cm³/mol. The number of benzene rings is 1. The van der Waals surface area contributed by atoms with Crippen molar-refractivity contribution in [3.05, 3.63) is 35.4 Å². The van der Waals surface area contributed by atoms with E-state index in [1.807, 2.05) is 6.92 Å². The second-order valence-corrected chi connectivity index (χ2v) is 6.07. The molecular formula is C16H22N2O. The second kappa shape index (κ2) is 4.64. The minimum atomic E-state index is 0.0731. The van der Waals surface area contributed by atoms with Crippen LogP contribution in [0.5, 0.6) is 0 Å². The molecule has 3 heteroatoms. The van der Waals surface area contributed by atoms with Gasteiger partial charge in [-0.15, -0.1) is 0 Å². The highest BCUT2D eigenvalue weighted by atomic mass is 16.2. The maximum Gasteiger partial charge on any atom is 0.224 e. The smallest absolute Gasteiger partial charge is 0.224 e. The first kappa shape index (κ1) is 12.7. The maximum atomic E-state index is 12.3. The van der Waals surface area contributed by atoms with Crippen molar-refractivity contribution in [3.8, 4) is 0 Å². The Kier molecular flexibility index (Phi) is 3.09. The highest BCUT2D eigenvalue weighted by Gasteiger charge is 2.60. The van der Waals surface area contributed by atoms with Crippen molar-refractivity contribution in [1.82, 2.24) is 5.32 Å². The average Bonchev–Trinajstić information content (AvgIpc) is 3.14. The van der Waals surface area contributed by atoms with Crippen LogP contribution in [0.1, 0.15) is 37.3 Å². The van der Waals surface area contributed by atoms with Gasteiger partial charge < -0.3 is 11.1 Å². The van der Waals surface area contributed by atoms with E-state index in [9.17, 15) is 4.79 Å². The fraction of sp³-hybridized carbons (Fsp3) is 0.562. The summed E-state index contributed by atoms with van der Waals surface area (Å²) in [5.41, 5.74) is 8.56. The molecule has 1 fully saturated rings. The molecule has 3 N–H and O–H groups in total. The molecule has 2 unspecified atom stereocenters. The first-order valence-corrected chi connectivity index (χ1v) is 7.26. The molecule has 0 bridgehead atoms. The zero-order valence-corrected chi connectivity index (χ0v) is 11.5. The summed E-state index contributed by atoms with van der Waals surface area (Å²) in [5, 5.41) is 3.03. The van der Waals surface area contributed by atoms with Gasteiger partial charge in [-0.3, -0.25) is 4.79 Å². The van der Waals surface area contributed by atoms with Crippen LogP contribution in [0.15, 0.2) is 24.3 Å². The molecule has 102 valence electrons. The largest absolute Gasteiger partial charge is 0.352 e. The lowest BCUT2D eigenvalue weighted by Crippen LogP contribution is -2.40. The third-order valence-corrected chi connectivity index (χ3v) is 4.76. The van der Waals surface area contributed by atoms with E-state index in [-0.39, 0.29) is 23.3 Å². The minimum absolute atomic E-state index is 0.0731. The Morgan fingerprint density at radius 1 is 1.53 bits per heavy atom. The Hall–Kier alpha value is -1.35. The number of fused-ring (bicyclic) bond motifs is 2. The zero-order chi connectivity index (χ0) is 13.5. The molecule has 1 aromatic carbocycles. The molecule has 19 heavy (non-hydrogen) atoms. The summed E-state index contributed by atoms with van der Waals surface area (Å²) in [6, 6.07) is 8.71. The summed E-state index contributed by atoms with van der Waals surface area (Å²) in [4.78, 5) is 12.3. The number of hydrogen-bond acceptors (Lipinski definition) is 2. The third-order valence-electron chi connectivity index (χ3n) is 4.76. The summed E-state index contributed by atoms with van der Waals surface area (Å²) >= 11 is 0. The Labute approximate surface area is 114 Å². The van der Waals surface area contributed by atoms with E-state index in [0.29, 0.717) is 6.54 Å². The number of hydrogen-bond donors (Lipinski definition) is 2. The van der Waals surface area contributed by atoms with Crippen LogP contribution in [0.25, 0.3) is 0 Å². The molecule has 0 radical (unpaired) electrons. The van der Waals surface area contributed by atoms with E-state index in [1.165, 1.54) is 17.5 Å². The highest BCUT2D eigenvalue weighted by molar-refractivity contribution is 5.85. The first-order chi connectivity index (χ1) is 9.17. The average molecular weight is 258 g/mol. The van der Waals surface area contributed by atoms with Gasteiger partial charge in [0.05, 0.1) is 0 Å². The van der Waals surface area contributed by atoms with Gasteiger partial charge in [-0.2, -0.15) is 0 Å². The van der Waals surface area contributed by atoms with Crippen molar-refractivity contribution in [2.24, 2.45) is 11.7 Å². The van der Waals surface area contributed by atoms with E-state index in [0.717, 1.165) is 19.3 Å². The number of rotatable bonds is 3. The normalized spacial score (nSPS) is 29.7. The fourth-order valence-electron chi connectivity index (χ4n) is 3.58. The second-order valence-electron chi connectivity index (χ2n) is 6.07. The molecule has 1 saturated carbocycles. The SMILES string of the molecule is C[C@@H](CN)NC(=O)C1CC12CCCc1ccccc12. The van der Waals surface area contributed by atoms with Gasteiger partial charge in [-0.05, 0) is 43.7 Å². The van der Waals surface area contributed by atoms with E-state index >= 15 is 0 Å². The van der Waals surface area contributed by atoms with Crippen LogP contribution in [0.3, 0.4) is 0 Å². The van der Waals surface area contributed by atoms with E-state index in [4.69, 9.17) is 5.73 Å². The van der Waals surface area contributed by atoms with Gasteiger partial charge >= 0.3 is 0 Å². The Balaban J connectivity index is 1.80. The zero-order valence-electron chi connectivity index (χ0n) is 11.5. The lowest BCUT2D eigenvalue weighted by molar-refractivity contribution is -0.123. The number of carbonyl (C=O) groups is 1. The van der Waals surface area contributed by atoms with Crippen molar-refractivity contribution in [3.63, 3.8) is 0 Å². The molecule has 2 aliphatic carbocycles. The minimum Gasteiger partial charge on any atom is -0.352 e. The molecule has 3 rings (SSSR count). The maximum absolute atomic E-state index is 12.3. The quantitative estimate of drug-likeness (QED) is 0.867. The molecule has 1 aromatic rings. The lowest BCUT2D eigenvalue weighted by Gasteiger charge is -2.26. The summed E-state index contributed by atoms with van der Waals surface area (Å²) in [7, 11) is 0. The van der Waals surface area contributed by atoms with E-state index < -0.39 is 0 Å². The first-order valence-electron chi connectivity index (χ1n) is 7.26. The number of nitrogens with one attached hydrogen (secondary N) is 1. The number of amides is 1. The molecule has 3 atom stereocenters. The molecule has 3 nitrogen and oxygen atoms in total. The Bertz CT molecular complexity index is 499. The van der Waals surface area contributed by atoms with Crippen LogP contribution < -0.4 is 11.1 Å². The monoisotopic (exact) mass is 258 g/mol. The summed E-state index contributed by atoms with van der Waals surface area (Å²) in [6.07, 6.45) is 4.52. The molecule has 0 aromatic heterocycles. The van der Waals surface area contributed by atoms with Crippen LogP contribution in [-0.4, -0.2) is 18.5 Å². The summed E-state index contributed by atoms with van der Waals surface area (Å²) < 4.78 is 0. The molecule has 0 heterocycles. The van der Waals surface area contributed by atoms with Crippen LogP contribution >= 0.6 is 0 Å². The van der Waals surface area contributed by atoms with Gasteiger partial charge in [0.15, 0.2) is 0 Å². The van der Waals surface area contributed by atoms with Gasteiger partial charge in [-0.25, -0.2) is 0 Å². The highest BCUT2D eigenvalue weighted by Crippen LogP contribution is 2.60. The van der Waals surface area contributed by atoms with Gasteiger partial charge in [0.25, 0.3) is 0 Å². The standard InChI is InChI=1S/C16H22N2O/c1-11(10-17)18-15(19)14-9-16(14)8-4-6-12-5-2-3-7-13(12)16/h2-3,5,7,11,14H,4,6,8-10,17H2,1H3,(H,18,19)/t11-,14?,16?/m0/s1. The van der Waals surface area contributed by atoms with Gasteiger partial charge in [0.2, 0.25) is 5.91 Å². The van der Waals surface area contributed by atoms with Crippen LogP contribution in [0, 0.1) is 5.92 Å². The summed E-state index contributed by atoms with van der Waals surface area (Å²) in [6.45, 7) is 2.46. The molecule has 1 spiro atoms. The van der Waals surface area contributed by atoms with Crippen molar-refractivity contribution in [2.75, 3.05) is 6.54 Å². The third kappa shape index (κ3) is 2.06. The summed E-state index contributed by atoms with van der Waals surface area (Å²) in [5.74, 6) is 0.345. The molecule has 1 amide bonds. The van der Waals surface area contributed by atoms with Crippen molar-refractivity contribution in [1.29, 1.82) is 0 Å². The van der Waals surface area contributed by atoms with Crippen molar-refractivity contribution >= 4 is 5.91 Å². The Morgan fingerprint density at radius 2 is 2.32 bits per heavy atom. The molecule has 0 aliphatic heterocycles. The fourth-order valence-corrected chi connectivity index (χ4v) is 3.58. The van der Waals surface area contributed by atoms with E-state index in [1.54, 1.807) is 0 Å². The van der Waals surface area contributed by atoms with Crippen molar-refractivity contribution < 1.29 is 4.79 Å². The van der Waals surface area contributed by atoms with Crippen LogP contribution in [0.2, 0.25) is 0 Å². The topological polar surface area (TPSA) is 55.1 Å². The lowest BCUT2D eigenvalue weighted by atomic mass is 9.78. The van der Waals surface area contributed by atoms with Gasteiger partial charge in [0, 0.05) is 23.9 Å². The van der Waals surface area contributed by atoms with Crippen LogP contribution in [-0.2, 0) is 16.6 Å². The number of carbonyl (C=O) groups excluding carboxylic acids is 1.